The quantitative estimate of drug-likeness (QED) is 0.0441. The number of hydrogen-bond acceptors (Lipinski definition) is 4. The minimum atomic E-state index is -1.16. The van der Waals surface area contributed by atoms with E-state index in [0.29, 0.717) is 12.8 Å². The zero-order chi connectivity index (χ0) is 31.6. The van der Waals surface area contributed by atoms with Crippen LogP contribution in [-0.4, -0.2) is 46.1 Å². The van der Waals surface area contributed by atoms with E-state index < -0.39 is 18.2 Å². The van der Waals surface area contributed by atoms with Gasteiger partial charge >= 0.3 is 0 Å². The normalized spacial score (nSPS) is 14.1. The summed E-state index contributed by atoms with van der Waals surface area (Å²) in [6, 6.07) is -0.824. The zero-order valence-corrected chi connectivity index (χ0v) is 28.6. The lowest BCUT2D eigenvalue weighted by Crippen LogP contribution is -2.50. The number of allylic oxidation sites excluding steroid dienone is 4. The Bertz CT molecular complexity index is 635. The van der Waals surface area contributed by atoms with Gasteiger partial charge in [0.25, 0.3) is 0 Å². The lowest BCUT2D eigenvalue weighted by molar-refractivity contribution is -0.124. The zero-order valence-electron chi connectivity index (χ0n) is 28.6. The molecule has 1 amide bonds. The molecule has 3 unspecified atom stereocenters. The molecular formula is C38H73NO4. The summed E-state index contributed by atoms with van der Waals surface area (Å²) >= 11 is 0. The van der Waals surface area contributed by atoms with Gasteiger partial charge in [-0.25, -0.2) is 0 Å². The van der Waals surface area contributed by atoms with Gasteiger partial charge in [0, 0.05) is 6.42 Å². The average molecular weight is 608 g/mol. The van der Waals surface area contributed by atoms with Gasteiger partial charge in [-0.2, -0.15) is 0 Å². The highest BCUT2D eigenvalue weighted by Gasteiger charge is 2.26. The van der Waals surface area contributed by atoms with Crippen LogP contribution < -0.4 is 5.32 Å². The van der Waals surface area contributed by atoms with Crippen molar-refractivity contribution in [1.82, 2.24) is 5.32 Å². The molecule has 0 spiro atoms. The van der Waals surface area contributed by atoms with E-state index in [2.05, 4.69) is 43.5 Å². The Morgan fingerprint density at radius 3 is 1.37 bits per heavy atom. The molecule has 0 saturated heterocycles. The highest BCUT2D eigenvalue weighted by atomic mass is 16.3. The predicted octanol–water partition coefficient (Wildman–Crippen LogP) is 9.87. The van der Waals surface area contributed by atoms with Crippen LogP contribution in [0.1, 0.15) is 187 Å². The van der Waals surface area contributed by atoms with Crippen molar-refractivity contribution in [3.05, 3.63) is 24.3 Å². The van der Waals surface area contributed by atoms with Gasteiger partial charge in [0.2, 0.25) is 5.91 Å². The molecule has 0 fully saturated rings. The first-order valence-corrected chi connectivity index (χ1v) is 18.6. The standard InChI is InChI=1S/C38H73NO4/c1-3-5-7-9-11-13-15-17-19-21-23-25-27-29-31-33-37(42)39-35(34-40)38(43)36(41)32-30-28-26-24-22-20-18-16-14-12-10-8-6-4-2/h13,15,24,26,35-36,38,40-41,43H,3-12,14,16-23,25,27-34H2,1-2H3,(H,39,42)/b15-13-,26-24+. The first kappa shape index (κ1) is 41.8. The summed E-state index contributed by atoms with van der Waals surface area (Å²) in [5.74, 6) is -0.161. The lowest BCUT2D eigenvalue weighted by atomic mass is 10.0. The van der Waals surface area contributed by atoms with E-state index in [0.717, 1.165) is 38.5 Å². The Morgan fingerprint density at radius 1 is 0.558 bits per heavy atom. The second-order valence-corrected chi connectivity index (χ2v) is 12.8. The molecule has 0 aliphatic rings. The summed E-state index contributed by atoms with van der Waals surface area (Å²) in [6.07, 6.45) is 38.4. The van der Waals surface area contributed by atoms with Crippen molar-refractivity contribution < 1.29 is 20.1 Å². The fourth-order valence-electron chi connectivity index (χ4n) is 5.57. The Hall–Kier alpha value is -1.17. The van der Waals surface area contributed by atoms with E-state index >= 15 is 0 Å². The number of aliphatic hydroxyl groups is 3. The maximum absolute atomic E-state index is 12.3. The van der Waals surface area contributed by atoms with Crippen LogP contribution in [0.25, 0.3) is 0 Å². The maximum atomic E-state index is 12.3. The van der Waals surface area contributed by atoms with Crippen LogP contribution in [0.4, 0.5) is 0 Å². The van der Waals surface area contributed by atoms with Gasteiger partial charge < -0.3 is 20.6 Å². The van der Waals surface area contributed by atoms with E-state index in [-0.39, 0.29) is 12.5 Å². The van der Waals surface area contributed by atoms with Crippen LogP contribution in [0.3, 0.4) is 0 Å². The summed E-state index contributed by atoms with van der Waals surface area (Å²) in [6.45, 7) is 4.13. The first-order valence-electron chi connectivity index (χ1n) is 18.6. The average Bonchev–Trinajstić information content (AvgIpc) is 3.01. The Morgan fingerprint density at radius 2 is 0.930 bits per heavy atom. The third-order valence-corrected chi connectivity index (χ3v) is 8.53. The molecule has 43 heavy (non-hydrogen) atoms. The van der Waals surface area contributed by atoms with Crippen LogP contribution in [-0.2, 0) is 4.79 Å². The smallest absolute Gasteiger partial charge is 0.220 e. The van der Waals surface area contributed by atoms with E-state index in [1.807, 2.05) is 0 Å². The monoisotopic (exact) mass is 608 g/mol. The van der Waals surface area contributed by atoms with E-state index in [9.17, 15) is 20.1 Å². The van der Waals surface area contributed by atoms with Crippen molar-refractivity contribution in [3.8, 4) is 0 Å². The molecule has 0 bridgehead atoms. The molecule has 5 heteroatoms. The molecule has 0 saturated carbocycles. The Kier molecular flexibility index (Phi) is 32.8. The number of nitrogens with one attached hydrogen (secondary N) is 1. The van der Waals surface area contributed by atoms with E-state index in [1.54, 1.807) is 0 Å². The number of amides is 1. The summed E-state index contributed by atoms with van der Waals surface area (Å²) < 4.78 is 0. The molecule has 0 aromatic rings. The van der Waals surface area contributed by atoms with Gasteiger partial charge in [0.05, 0.1) is 18.8 Å². The predicted molar refractivity (Wildman–Crippen MR) is 185 cm³/mol. The minimum absolute atomic E-state index is 0.161. The first-order chi connectivity index (χ1) is 21.1. The minimum Gasteiger partial charge on any atom is -0.394 e. The third-order valence-electron chi connectivity index (χ3n) is 8.53. The largest absolute Gasteiger partial charge is 0.394 e. The third kappa shape index (κ3) is 29.3. The summed E-state index contributed by atoms with van der Waals surface area (Å²) in [4.78, 5) is 12.3. The molecular weight excluding hydrogens is 534 g/mol. The lowest BCUT2D eigenvalue weighted by Gasteiger charge is -2.26. The maximum Gasteiger partial charge on any atom is 0.220 e. The van der Waals surface area contributed by atoms with Crippen molar-refractivity contribution >= 4 is 5.91 Å². The number of carbonyl (C=O) groups is 1. The number of unbranched alkanes of at least 4 members (excludes halogenated alkanes) is 21. The van der Waals surface area contributed by atoms with Gasteiger partial charge in [0.15, 0.2) is 0 Å². The SMILES string of the molecule is CCCCCC/C=C\CCCCCCCCCC(=O)NC(CO)C(O)C(O)CCC/C=C/CCCCCCCCCCC. The van der Waals surface area contributed by atoms with E-state index in [4.69, 9.17) is 0 Å². The number of hydrogen-bond donors (Lipinski definition) is 4. The van der Waals surface area contributed by atoms with Crippen LogP contribution in [0.2, 0.25) is 0 Å². The van der Waals surface area contributed by atoms with Gasteiger partial charge in [-0.3, -0.25) is 4.79 Å². The van der Waals surface area contributed by atoms with Crippen molar-refractivity contribution in [2.45, 2.75) is 205 Å². The molecule has 0 aliphatic carbocycles. The van der Waals surface area contributed by atoms with Gasteiger partial charge in [-0.05, 0) is 64.2 Å². The summed E-state index contributed by atoms with van der Waals surface area (Å²) in [5, 5.41) is 33.3. The summed E-state index contributed by atoms with van der Waals surface area (Å²) in [7, 11) is 0. The van der Waals surface area contributed by atoms with Crippen molar-refractivity contribution in [3.63, 3.8) is 0 Å². The Balaban J connectivity index is 3.74. The molecule has 3 atom stereocenters. The highest BCUT2D eigenvalue weighted by molar-refractivity contribution is 5.76. The molecule has 254 valence electrons. The number of aliphatic hydroxyl groups excluding tert-OH is 3. The number of carbonyl (C=O) groups excluding carboxylic acids is 1. The topological polar surface area (TPSA) is 89.8 Å². The fraction of sp³-hybridized carbons (Fsp3) is 0.868. The molecule has 0 aromatic carbocycles. The van der Waals surface area contributed by atoms with Crippen LogP contribution in [0.15, 0.2) is 24.3 Å². The van der Waals surface area contributed by atoms with Crippen LogP contribution >= 0.6 is 0 Å². The molecule has 0 aromatic heterocycles. The molecule has 0 rings (SSSR count). The second kappa shape index (κ2) is 33.7. The molecule has 4 N–H and O–H groups in total. The molecule has 5 nitrogen and oxygen atoms in total. The fourth-order valence-corrected chi connectivity index (χ4v) is 5.57. The highest BCUT2D eigenvalue weighted by Crippen LogP contribution is 2.14. The van der Waals surface area contributed by atoms with Crippen molar-refractivity contribution in [1.29, 1.82) is 0 Å². The number of rotatable bonds is 33. The van der Waals surface area contributed by atoms with Crippen molar-refractivity contribution in [2.24, 2.45) is 0 Å². The van der Waals surface area contributed by atoms with E-state index in [1.165, 1.54) is 122 Å². The van der Waals surface area contributed by atoms with Crippen molar-refractivity contribution in [2.75, 3.05) is 6.61 Å². The summed E-state index contributed by atoms with van der Waals surface area (Å²) in [5.41, 5.74) is 0. The van der Waals surface area contributed by atoms with Gasteiger partial charge in [-0.15, -0.1) is 0 Å². The Labute approximate surface area is 267 Å². The molecule has 0 radical (unpaired) electrons. The van der Waals surface area contributed by atoms with Gasteiger partial charge in [-0.1, -0.05) is 141 Å². The van der Waals surface area contributed by atoms with Crippen LogP contribution in [0, 0.1) is 0 Å². The molecule has 0 heterocycles. The molecule has 0 aliphatic heterocycles. The van der Waals surface area contributed by atoms with Crippen LogP contribution in [0.5, 0.6) is 0 Å². The second-order valence-electron chi connectivity index (χ2n) is 12.8. The van der Waals surface area contributed by atoms with Gasteiger partial charge in [0.1, 0.15) is 6.10 Å².